The number of carbonyl (C=O) groups is 5. The molecule has 0 unspecified atom stereocenters. The molecule has 0 spiro atoms. The number of methoxy groups -OCH3 is 11. The highest BCUT2D eigenvalue weighted by Crippen LogP contribution is 2.40. The van der Waals surface area contributed by atoms with Crippen LogP contribution >= 0.6 is 0 Å². The van der Waals surface area contributed by atoms with Gasteiger partial charge >= 0.3 is 29.8 Å². The summed E-state index contributed by atoms with van der Waals surface area (Å²) in [6, 6.07) is 48.8. The van der Waals surface area contributed by atoms with E-state index in [4.69, 9.17) is 66.3 Å². The van der Waals surface area contributed by atoms with Gasteiger partial charge in [-0.15, -0.1) is 0 Å². The molecule has 8 N–H and O–H groups in total. The van der Waals surface area contributed by atoms with Crippen molar-refractivity contribution in [2.75, 3.05) is 98.0 Å². The summed E-state index contributed by atoms with van der Waals surface area (Å²) in [4.78, 5) is 58.6. The van der Waals surface area contributed by atoms with E-state index in [0.29, 0.717) is 136 Å². The second kappa shape index (κ2) is 43.0. The quantitative estimate of drug-likeness (QED) is 0.0211. The second-order valence-corrected chi connectivity index (χ2v) is 27.7. The van der Waals surface area contributed by atoms with Crippen molar-refractivity contribution in [2.45, 2.75) is 20.3 Å². The first-order chi connectivity index (χ1) is 62.7. The number of aromatic carboxylic acids is 3. The lowest BCUT2D eigenvalue weighted by Crippen LogP contribution is -2.07. The van der Waals surface area contributed by atoms with Crippen molar-refractivity contribution in [3.8, 4) is 69.0 Å². The van der Waals surface area contributed by atoms with E-state index >= 15 is 0 Å². The Kier molecular flexibility index (Phi) is 30.5. The molecule has 0 bridgehead atoms. The molecule has 16 rings (SSSR count). The maximum Gasteiger partial charge on any atom is 0.341 e. The third-order valence-electron chi connectivity index (χ3n) is 20.2. The van der Waals surface area contributed by atoms with E-state index in [9.17, 15) is 39.3 Å². The molecule has 1 aliphatic rings. The minimum atomic E-state index is -1.06. The maximum absolute atomic E-state index is 12.2. The van der Waals surface area contributed by atoms with Crippen LogP contribution in [0.3, 0.4) is 0 Å². The Morgan fingerprint density at radius 3 is 0.860 bits per heavy atom. The van der Waals surface area contributed by atoms with E-state index in [2.05, 4.69) is 57.1 Å². The normalized spacial score (nSPS) is 11.4. The van der Waals surface area contributed by atoms with Crippen molar-refractivity contribution in [3.05, 3.63) is 253 Å². The maximum atomic E-state index is 12.2. The molecule has 32 nitrogen and oxygen atoms in total. The Balaban J connectivity index is 0.000000146. The minimum Gasteiger partial charge on any atom is -0.497 e. The van der Waals surface area contributed by atoms with Crippen LogP contribution in [-0.4, -0.2) is 194 Å². The second-order valence-electron chi connectivity index (χ2n) is 27.7. The number of fused-ring (bicyclic) bond motifs is 6. The number of aromatic amines is 5. The first-order valence-electron chi connectivity index (χ1n) is 39.9. The van der Waals surface area contributed by atoms with Crippen LogP contribution < -0.4 is 56.8 Å². The third kappa shape index (κ3) is 21.0. The van der Waals surface area contributed by atoms with Crippen LogP contribution in [0.4, 0.5) is 0 Å². The molecule has 10 aromatic carbocycles. The van der Waals surface area contributed by atoms with Gasteiger partial charge in [0.15, 0.2) is 23.0 Å². The van der Waals surface area contributed by atoms with E-state index in [0.717, 1.165) is 69.2 Å². The molecule has 5 aromatic heterocycles. The summed E-state index contributed by atoms with van der Waals surface area (Å²) < 4.78 is 74.1. The summed E-state index contributed by atoms with van der Waals surface area (Å²) in [5.74, 6) is 2.86. The molecule has 1 aliphatic heterocycles. The van der Waals surface area contributed by atoms with Crippen LogP contribution in [0.25, 0.3) is 115 Å². The topological polar surface area (TPSA) is 419 Å². The van der Waals surface area contributed by atoms with Gasteiger partial charge in [0.1, 0.15) is 73.8 Å². The third-order valence-corrected chi connectivity index (χ3v) is 20.2. The predicted molar refractivity (Wildman–Crippen MR) is 491 cm³/mol. The number of hydrogen-bond acceptors (Lipinski definition) is 24. The molecule has 15 aromatic rings. The van der Waals surface area contributed by atoms with E-state index in [1.54, 1.807) is 99.0 Å². The summed E-state index contributed by atoms with van der Waals surface area (Å²) in [5, 5.41) is 67.3. The Hall–Kier alpha value is -16.8. The van der Waals surface area contributed by atoms with Crippen molar-refractivity contribution < 1.29 is 106 Å². The van der Waals surface area contributed by atoms with E-state index < -0.39 is 29.8 Å². The summed E-state index contributed by atoms with van der Waals surface area (Å²) in [6.45, 7) is 4.85. The fraction of sp³-hybridized carbons (Fsp3) is 0.175. The van der Waals surface area contributed by atoms with Gasteiger partial charge in [-0.3, -0.25) is 25.5 Å². The zero-order chi connectivity index (χ0) is 91.8. The lowest BCUT2D eigenvalue weighted by molar-refractivity contribution is 0.0513. The Morgan fingerprint density at radius 1 is 0.310 bits per heavy atom. The molecule has 0 amide bonds. The van der Waals surface area contributed by atoms with Crippen molar-refractivity contribution in [1.82, 2.24) is 51.0 Å². The highest BCUT2D eigenvalue weighted by atomic mass is 16.5. The number of carboxylic acids is 3. The summed E-state index contributed by atoms with van der Waals surface area (Å²) in [5.41, 5.74) is 13.9. The Labute approximate surface area is 738 Å². The van der Waals surface area contributed by atoms with Gasteiger partial charge in [-0.05, 0) is 199 Å². The van der Waals surface area contributed by atoms with Crippen LogP contribution in [0.1, 0.15) is 127 Å². The Bertz CT molecular complexity index is 6730. The number of aromatic nitrogens is 10. The first-order valence-corrected chi connectivity index (χ1v) is 39.9. The van der Waals surface area contributed by atoms with Crippen molar-refractivity contribution in [1.29, 1.82) is 0 Å². The van der Waals surface area contributed by atoms with Gasteiger partial charge in [0.25, 0.3) is 0 Å². The molecule has 129 heavy (non-hydrogen) atoms. The molecule has 0 aliphatic carbocycles. The lowest BCUT2D eigenvalue weighted by atomic mass is 10.1. The van der Waals surface area contributed by atoms with Crippen molar-refractivity contribution in [3.63, 3.8) is 0 Å². The van der Waals surface area contributed by atoms with Crippen LogP contribution in [0.15, 0.2) is 164 Å². The van der Waals surface area contributed by atoms with Gasteiger partial charge in [-0.1, -0.05) is 72.8 Å². The fourth-order valence-corrected chi connectivity index (χ4v) is 14.0. The molecule has 0 saturated heterocycles. The van der Waals surface area contributed by atoms with E-state index in [-0.39, 0.29) is 29.0 Å². The lowest BCUT2D eigenvalue weighted by Gasteiger charge is -2.09. The van der Waals surface area contributed by atoms with Gasteiger partial charge in [-0.2, -0.15) is 25.5 Å². The molecule has 0 radical (unpaired) electrons. The number of nitrogens with one attached hydrogen (secondary N) is 5. The van der Waals surface area contributed by atoms with Gasteiger partial charge < -0.3 is 81.6 Å². The van der Waals surface area contributed by atoms with Gasteiger partial charge in [-0.25, -0.2) is 24.0 Å². The first kappa shape index (κ1) is 91.4. The molecule has 0 saturated carbocycles. The molecule has 6 heterocycles. The van der Waals surface area contributed by atoms with Crippen LogP contribution in [0, 0.1) is 0 Å². The number of hydrogen-bond donors (Lipinski definition) is 8. The smallest absolute Gasteiger partial charge is 0.341 e. The number of H-pyrrole nitrogens is 5. The number of ether oxygens (including phenoxy) is 14. The SMILES string of the molecule is CCOC(=O)c1ccc2n[nH]c(/C=C/c3ccc(OC)c(OC)c3)c2c1OC.CCOC(=O)c1ccc2n[nH]c(/C=C/c3ccc(OC)cc3)c2c1OC.COc1c(C(=O)O)ccc2n[nH]c(/C=C/c3ccc4c(c3)CCO4)c12.COc1ccc(/C=C/c2[nH]nc3ccc(C(=O)O)c(OC)c23)cc1.COc1ccc(/C=C/c2[nH]nc3ccc(C(=O)O)c(OC)c23)cc1OC. The largest absolute Gasteiger partial charge is 0.497 e. The average Bonchev–Trinajstić information content (AvgIpc) is 1.69. The van der Waals surface area contributed by atoms with Crippen LogP contribution in [0.5, 0.6) is 69.0 Å². The van der Waals surface area contributed by atoms with Gasteiger partial charge in [0.2, 0.25) is 0 Å². The number of nitrogens with zero attached hydrogens (tertiary/aromatic N) is 5. The van der Waals surface area contributed by atoms with Crippen molar-refractivity contribution >= 4 is 145 Å². The predicted octanol–water partition coefficient (Wildman–Crippen LogP) is 18.1. The van der Waals surface area contributed by atoms with Crippen LogP contribution in [0.2, 0.25) is 0 Å². The monoisotopic (exact) mass is 1750 g/mol. The van der Waals surface area contributed by atoms with Gasteiger partial charge in [0.05, 0.1) is 181 Å². The number of benzene rings is 10. The Morgan fingerprint density at radius 2 is 0.581 bits per heavy atom. The molecular weight excluding hydrogens is 1660 g/mol. The highest BCUT2D eigenvalue weighted by molar-refractivity contribution is 6.08. The zero-order valence-corrected chi connectivity index (χ0v) is 72.5. The molecule has 0 fully saturated rings. The molecule has 32 heteroatoms. The van der Waals surface area contributed by atoms with Gasteiger partial charge in [0, 0.05) is 6.42 Å². The standard InChI is InChI=1S/C21H22N2O5.C20H20N2O4.C19H18N2O5.C19H16N2O4.C18H16N2O4/c1-5-28-21(24)14-8-10-16-19(20(14)27-4)15(22-23-16)9-6-13-7-11-17(25-2)18(12-13)26-3;1-4-26-20(23)15-10-12-17-18(19(15)25-3)16(21-22-17)11-7-13-5-8-14(24-2)9-6-13;1-24-15-9-5-11(10-16(15)25-2)4-7-13-17-14(21-20-13)8-6-12(19(22)23)18(17)26-3;1-24-18-13(19(22)23)4-6-15-17(18)14(20-21-15)5-2-11-3-7-16-12(10-11)8-9-25-16;1-23-12-6-3-11(4-7-12)5-9-14-16-15(20-19-14)10-8-13(18(21)22)17(16)24-2/h6-12H,5H2,1-4H3,(H,22,23);5-12H,4H2,1-3H3,(H,21,22);4-10H,1-3H3,(H,20,21)(H,22,23);2-7,10H,8-9H2,1H3,(H,20,21)(H,22,23);3-10H,1-2H3,(H,19,20)(H,21,22)/b9-6+;11-7+;7-4+;5-2+;9-5+. The molecule has 662 valence electrons. The summed E-state index contributed by atoms with van der Waals surface area (Å²) in [6.07, 6.45) is 19.8. The summed E-state index contributed by atoms with van der Waals surface area (Å²) in [7, 11) is 17.0. The van der Waals surface area contributed by atoms with E-state index in [1.165, 1.54) is 59.3 Å². The minimum absolute atomic E-state index is 0.0853. The number of rotatable bonds is 28. The molecule has 0 atom stereocenters. The number of esters is 2. The number of carboxylic acid groups (broad SMARTS) is 3. The average molecular weight is 1750 g/mol. The van der Waals surface area contributed by atoms with E-state index in [1.807, 2.05) is 158 Å². The number of carbonyl (C=O) groups excluding carboxylic acids is 2. The van der Waals surface area contributed by atoms with Crippen molar-refractivity contribution in [2.24, 2.45) is 0 Å². The summed E-state index contributed by atoms with van der Waals surface area (Å²) >= 11 is 0. The fourth-order valence-electron chi connectivity index (χ4n) is 14.0. The zero-order valence-electron chi connectivity index (χ0n) is 72.5. The highest BCUT2D eigenvalue weighted by Gasteiger charge is 2.25. The molecular formula is C97H92N10O22. The van der Waals surface area contributed by atoms with Crippen LogP contribution in [-0.2, 0) is 15.9 Å².